The van der Waals surface area contributed by atoms with Crippen molar-refractivity contribution < 1.29 is 14.3 Å². The van der Waals surface area contributed by atoms with Crippen molar-refractivity contribution in [2.75, 3.05) is 38.7 Å². The van der Waals surface area contributed by atoms with Crippen molar-refractivity contribution in [2.45, 2.75) is 43.7 Å². The van der Waals surface area contributed by atoms with E-state index in [4.69, 9.17) is 21.1 Å². The number of nitrogens with one attached hydrogen (secondary N) is 1. The van der Waals surface area contributed by atoms with Gasteiger partial charge in [0.25, 0.3) is 0 Å². The van der Waals surface area contributed by atoms with Gasteiger partial charge in [0, 0.05) is 29.6 Å². The van der Waals surface area contributed by atoms with E-state index >= 15 is 0 Å². The second-order valence-electron chi connectivity index (χ2n) is 8.81. The molecule has 1 aromatic heterocycles. The number of halogens is 1. The number of likely N-dealkylation sites (tertiary alicyclic amines) is 1. The lowest BCUT2D eigenvalue weighted by molar-refractivity contribution is -0.127. The Labute approximate surface area is 181 Å². The van der Waals surface area contributed by atoms with Crippen LogP contribution in [0.25, 0.3) is 10.8 Å². The third-order valence-electron chi connectivity index (χ3n) is 6.99. The van der Waals surface area contributed by atoms with E-state index in [1.807, 2.05) is 12.1 Å². The summed E-state index contributed by atoms with van der Waals surface area (Å²) in [6.07, 6.45) is 5.77. The van der Waals surface area contributed by atoms with Crippen LogP contribution in [0, 0.1) is 5.92 Å². The first-order chi connectivity index (χ1) is 14.6. The molecule has 5 rings (SSSR count). The van der Waals surface area contributed by atoms with Crippen LogP contribution in [0.2, 0.25) is 5.02 Å². The average molecular weight is 430 g/mol. The lowest BCUT2D eigenvalue weighted by atomic mass is 9.81. The largest absolute Gasteiger partial charge is 0.381 e. The van der Waals surface area contributed by atoms with Crippen LogP contribution in [0.1, 0.15) is 37.2 Å². The van der Waals surface area contributed by atoms with Gasteiger partial charge in [-0.1, -0.05) is 11.6 Å². The molecule has 160 valence electrons. The number of fused-ring (bicyclic) bond motifs is 1. The van der Waals surface area contributed by atoms with E-state index in [2.05, 4.69) is 21.3 Å². The molecule has 6 nitrogen and oxygen atoms in total. The molecule has 1 amide bonds. The molecule has 3 fully saturated rings. The number of anilines is 1. The van der Waals surface area contributed by atoms with E-state index in [-0.39, 0.29) is 17.9 Å². The first kappa shape index (κ1) is 20.2. The summed E-state index contributed by atoms with van der Waals surface area (Å²) < 4.78 is 10.6. The van der Waals surface area contributed by atoms with Crippen molar-refractivity contribution in [1.82, 2.24) is 9.88 Å². The Hall–Kier alpha value is -1.73. The topological polar surface area (TPSA) is 63.7 Å². The maximum atomic E-state index is 12.4. The molecule has 1 aromatic carbocycles. The molecule has 3 heterocycles. The number of methoxy groups -OCH3 is 1. The minimum atomic E-state index is 0.0134. The number of benzene rings is 1. The van der Waals surface area contributed by atoms with Gasteiger partial charge in [0.05, 0.1) is 25.4 Å². The summed E-state index contributed by atoms with van der Waals surface area (Å²) in [5.74, 6) is 1.10. The highest BCUT2D eigenvalue weighted by Crippen LogP contribution is 2.37. The van der Waals surface area contributed by atoms with Gasteiger partial charge in [0.1, 0.15) is 5.82 Å². The number of carbonyl (C=O) groups is 1. The van der Waals surface area contributed by atoms with Crippen molar-refractivity contribution in [3.63, 3.8) is 0 Å². The summed E-state index contributed by atoms with van der Waals surface area (Å²) in [6, 6.07) is 6.75. The zero-order chi connectivity index (χ0) is 20.7. The zero-order valence-electron chi connectivity index (χ0n) is 17.3. The lowest BCUT2D eigenvalue weighted by Crippen LogP contribution is -2.51. The smallest absolute Gasteiger partial charge is 0.228 e. The van der Waals surface area contributed by atoms with Gasteiger partial charge in [0.2, 0.25) is 5.91 Å². The highest BCUT2D eigenvalue weighted by atomic mass is 35.5. The van der Waals surface area contributed by atoms with Gasteiger partial charge in [-0.15, -0.1) is 0 Å². The summed E-state index contributed by atoms with van der Waals surface area (Å²) >= 11 is 6.65. The molecule has 1 N–H and O–H groups in total. The molecule has 0 bridgehead atoms. The molecular weight excluding hydrogens is 402 g/mol. The number of hydrogen-bond donors (Lipinski definition) is 1. The number of rotatable bonds is 5. The van der Waals surface area contributed by atoms with Gasteiger partial charge in [0.15, 0.2) is 0 Å². The van der Waals surface area contributed by atoms with Crippen LogP contribution in [0.4, 0.5) is 5.82 Å². The number of hydrogen-bond acceptors (Lipinski definition) is 5. The molecule has 2 aromatic rings. The number of pyridine rings is 1. The molecule has 7 heteroatoms. The van der Waals surface area contributed by atoms with Crippen molar-refractivity contribution in [3.05, 3.63) is 35.0 Å². The fraction of sp³-hybridized carbons (Fsp3) is 0.565. The maximum absolute atomic E-state index is 12.4. The minimum Gasteiger partial charge on any atom is -0.381 e. The van der Waals surface area contributed by atoms with Gasteiger partial charge >= 0.3 is 0 Å². The fourth-order valence-electron chi connectivity index (χ4n) is 4.77. The van der Waals surface area contributed by atoms with Crippen LogP contribution in [0.3, 0.4) is 0 Å². The predicted octanol–water partition coefficient (Wildman–Crippen LogP) is 3.83. The normalized spacial score (nSPS) is 25.7. The van der Waals surface area contributed by atoms with Crippen molar-refractivity contribution in [1.29, 1.82) is 0 Å². The zero-order valence-corrected chi connectivity index (χ0v) is 18.0. The van der Waals surface area contributed by atoms with Crippen molar-refractivity contribution in [2.24, 2.45) is 5.92 Å². The van der Waals surface area contributed by atoms with Gasteiger partial charge in [-0.3, -0.25) is 9.69 Å². The number of carbonyl (C=O) groups excluding carboxylic acids is 1. The Morgan fingerprint density at radius 1 is 1.20 bits per heavy atom. The van der Waals surface area contributed by atoms with Crippen LogP contribution in [-0.2, 0) is 14.3 Å². The number of nitrogens with zero attached hydrogens (tertiary/aromatic N) is 2. The van der Waals surface area contributed by atoms with E-state index in [1.54, 1.807) is 13.3 Å². The molecule has 3 aliphatic rings. The standard InChI is InChI=1S/C23H28ClN3O3/c1-29-19-6-16(7-19)23(28)26-22-10-15-8-20(21(24)9-17(15)11-25-22)14-2-4-27(5-3-14)18-12-30-13-18/h8-11,14,16,18-19H,2-7,12-13H2,1H3,(H,25,26,28). The molecular formula is C23H28ClN3O3. The third-order valence-corrected chi connectivity index (χ3v) is 7.32. The molecule has 0 radical (unpaired) electrons. The summed E-state index contributed by atoms with van der Waals surface area (Å²) in [5.41, 5.74) is 1.21. The molecule has 1 saturated carbocycles. The average Bonchev–Trinajstić information content (AvgIpc) is 2.66. The van der Waals surface area contributed by atoms with E-state index in [1.165, 1.54) is 5.56 Å². The number of amides is 1. The molecule has 30 heavy (non-hydrogen) atoms. The summed E-state index contributed by atoms with van der Waals surface area (Å²) in [4.78, 5) is 19.4. The van der Waals surface area contributed by atoms with Crippen LogP contribution < -0.4 is 5.32 Å². The highest BCUT2D eigenvalue weighted by molar-refractivity contribution is 6.32. The molecule has 2 aliphatic heterocycles. The quantitative estimate of drug-likeness (QED) is 0.782. The highest BCUT2D eigenvalue weighted by Gasteiger charge is 2.35. The Morgan fingerprint density at radius 3 is 2.63 bits per heavy atom. The van der Waals surface area contributed by atoms with Gasteiger partial charge in [-0.25, -0.2) is 4.98 Å². The Kier molecular flexibility index (Phi) is 5.67. The Morgan fingerprint density at radius 2 is 1.97 bits per heavy atom. The van der Waals surface area contributed by atoms with Crippen LogP contribution >= 0.6 is 11.6 Å². The van der Waals surface area contributed by atoms with E-state index < -0.39 is 0 Å². The maximum Gasteiger partial charge on any atom is 0.228 e. The van der Waals surface area contributed by atoms with E-state index in [9.17, 15) is 4.79 Å². The summed E-state index contributed by atoms with van der Waals surface area (Å²) in [5, 5.41) is 5.84. The summed E-state index contributed by atoms with van der Waals surface area (Å²) in [7, 11) is 1.69. The van der Waals surface area contributed by atoms with Gasteiger partial charge in [-0.2, -0.15) is 0 Å². The Balaban J connectivity index is 1.29. The fourth-order valence-corrected chi connectivity index (χ4v) is 5.10. The first-order valence-corrected chi connectivity index (χ1v) is 11.2. The van der Waals surface area contributed by atoms with Gasteiger partial charge in [-0.05, 0) is 73.8 Å². The second kappa shape index (κ2) is 8.42. The summed E-state index contributed by atoms with van der Waals surface area (Å²) in [6.45, 7) is 3.93. The lowest BCUT2D eigenvalue weighted by Gasteiger charge is -2.41. The second-order valence-corrected chi connectivity index (χ2v) is 9.21. The minimum absolute atomic E-state index is 0.0134. The molecule has 1 aliphatic carbocycles. The number of aromatic nitrogens is 1. The molecule has 0 atom stereocenters. The van der Waals surface area contributed by atoms with Crippen LogP contribution in [0.15, 0.2) is 24.4 Å². The SMILES string of the molecule is COC1CC(C(=O)Nc2cc3cc(C4CCN(C5COC5)CC4)c(Cl)cc3cn2)C1. The van der Waals surface area contributed by atoms with Gasteiger partial charge < -0.3 is 14.8 Å². The van der Waals surface area contributed by atoms with Crippen molar-refractivity contribution in [3.8, 4) is 0 Å². The van der Waals surface area contributed by atoms with E-state index in [0.29, 0.717) is 17.8 Å². The number of ether oxygens (including phenoxy) is 2. The van der Waals surface area contributed by atoms with Crippen molar-refractivity contribution >= 4 is 34.1 Å². The first-order valence-electron chi connectivity index (χ1n) is 10.9. The predicted molar refractivity (Wildman–Crippen MR) is 117 cm³/mol. The van der Waals surface area contributed by atoms with E-state index in [0.717, 1.165) is 67.8 Å². The van der Waals surface area contributed by atoms with Crippen LogP contribution in [-0.4, -0.2) is 61.3 Å². The molecule has 2 saturated heterocycles. The number of piperidine rings is 1. The molecule has 0 unspecified atom stereocenters. The monoisotopic (exact) mass is 429 g/mol. The molecule has 0 spiro atoms. The Bertz CT molecular complexity index is 935. The van der Waals surface area contributed by atoms with Crippen LogP contribution in [0.5, 0.6) is 0 Å². The third kappa shape index (κ3) is 3.94.